The van der Waals surface area contributed by atoms with Crippen molar-refractivity contribution in [2.45, 2.75) is 26.6 Å². The molecule has 22 heavy (non-hydrogen) atoms. The molecule has 1 aromatic carbocycles. The van der Waals surface area contributed by atoms with Gasteiger partial charge in [0, 0.05) is 30.3 Å². The maximum Gasteiger partial charge on any atom is 0.408 e. The van der Waals surface area contributed by atoms with E-state index in [4.69, 9.17) is 11.3 Å². The van der Waals surface area contributed by atoms with Crippen molar-refractivity contribution in [3.05, 3.63) is 40.9 Å². The summed E-state index contributed by atoms with van der Waals surface area (Å²) >= 11 is 0. The van der Waals surface area contributed by atoms with Crippen molar-refractivity contribution >= 4 is 16.6 Å². The van der Waals surface area contributed by atoms with Gasteiger partial charge >= 0.3 is 6.18 Å². The Kier molecular flexibility index (Phi) is 4.47. The molecule has 0 aliphatic carbocycles. The van der Waals surface area contributed by atoms with E-state index < -0.39 is 11.7 Å². The number of halogens is 3. The predicted molar refractivity (Wildman–Crippen MR) is 79.0 cm³/mol. The maximum absolute atomic E-state index is 13.3. The number of ether oxygens (including phenoxy) is 1. The van der Waals surface area contributed by atoms with Gasteiger partial charge in [-0.2, -0.15) is 13.2 Å². The first-order valence-corrected chi connectivity index (χ1v) is 6.86. The first kappa shape index (κ1) is 16.4. The number of benzene rings is 1. The Morgan fingerprint density at radius 2 is 2.05 bits per heavy atom. The quantitative estimate of drug-likeness (QED) is 0.742. The fraction of sp³-hybridized carbons (Fsp3) is 0.438. The average Bonchev–Trinajstić information content (AvgIpc) is 2.73. The largest absolute Gasteiger partial charge is 0.408 e. The fourth-order valence-electron chi connectivity index (χ4n) is 2.74. The van der Waals surface area contributed by atoms with Crippen molar-refractivity contribution in [1.29, 1.82) is 0 Å². The van der Waals surface area contributed by atoms with E-state index in [1.807, 2.05) is 11.5 Å². The van der Waals surface area contributed by atoms with Crippen LogP contribution < -0.4 is 0 Å². The molecular weight excluding hydrogens is 293 g/mol. The normalized spacial score (nSPS) is 13.3. The molecule has 0 radical (unpaired) electrons. The van der Waals surface area contributed by atoms with Crippen LogP contribution in [0.25, 0.3) is 15.7 Å². The lowest BCUT2D eigenvalue weighted by atomic mass is 10.1. The van der Waals surface area contributed by atoms with Crippen LogP contribution in [0.4, 0.5) is 18.9 Å². The molecule has 0 spiro atoms. The summed E-state index contributed by atoms with van der Waals surface area (Å²) in [7, 11) is 1.60. The number of nitrogens with zero attached hydrogens (tertiary/aromatic N) is 2. The standard InChI is InChI=1S/C16H17F3N2O/c1-10(9-22-4)8-21-11(2)7-12-14(21)6-5-13(20-3)15(12)16(17,18)19/h5-7,10H,8-9H2,1-2,4H3. The van der Waals surface area contributed by atoms with Gasteiger partial charge in [0.05, 0.1) is 18.7 Å². The Morgan fingerprint density at radius 3 is 2.59 bits per heavy atom. The van der Waals surface area contributed by atoms with E-state index in [1.54, 1.807) is 20.1 Å². The molecule has 0 saturated carbocycles. The number of alkyl halides is 3. The van der Waals surface area contributed by atoms with E-state index in [0.29, 0.717) is 18.7 Å². The van der Waals surface area contributed by atoms with Gasteiger partial charge in [0.15, 0.2) is 5.69 Å². The molecular formula is C16H17F3N2O. The molecule has 1 atom stereocenters. The molecule has 1 aromatic heterocycles. The lowest BCUT2D eigenvalue weighted by Crippen LogP contribution is -2.13. The second-order valence-corrected chi connectivity index (χ2v) is 5.46. The molecule has 0 aliphatic heterocycles. The number of aromatic nitrogens is 1. The molecule has 0 bridgehead atoms. The summed E-state index contributed by atoms with van der Waals surface area (Å²) < 4.78 is 46.9. The molecule has 2 rings (SSSR count). The van der Waals surface area contributed by atoms with Crippen LogP contribution in [0.5, 0.6) is 0 Å². The van der Waals surface area contributed by atoms with Crippen molar-refractivity contribution < 1.29 is 17.9 Å². The van der Waals surface area contributed by atoms with Crippen LogP contribution in [0.1, 0.15) is 18.2 Å². The first-order valence-electron chi connectivity index (χ1n) is 6.86. The van der Waals surface area contributed by atoms with Gasteiger partial charge in [0.25, 0.3) is 0 Å². The zero-order valence-corrected chi connectivity index (χ0v) is 12.7. The van der Waals surface area contributed by atoms with Crippen molar-refractivity contribution in [3.8, 4) is 0 Å². The summed E-state index contributed by atoms with van der Waals surface area (Å²) in [6, 6.07) is 4.34. The smallest absolute Gasteiger partial charge is 0.384 e. The molecule has 3 nitrogen and oxygen atoms in total. The third-order valence-electron chi connectivity index (χ3n) is 3.62. The lowest BCUT2D eigenvalue weighted by Gasteiger charge is -2.15. The molecule has 0 saturated heterocycles. The zero-order valence-electron chi connectivity index (χ0n) is 12.7. The van der Waals surface area contributed by atoms with Gasteiger partial charge in [-0.3, -0.25) is 0 Å². The maximum atomic E-state index is 13.3. The third-order valence-corrected chi connectivity index (χ3v) is 3.62. The van der Waals surface area contributed by atoms with E-state index >= 15 is 0 Å². The highest BCUT2D eigenvalue weighted by Crippen LogP contribution is 2.42. The van der Waals surface area contributed by atoms with Gasteiger partial charge in [-0.1, -0.05) is 13.0 Å². The second kappa shape index (κ2) is 6.01. The first-order chi connectivity index (χ1) is 10.3. The van der Waals surface area contributed by atoms with Crippen LogP contribution in [-0.2, 0) is 17.5 Å². The Balaban J connectivity index is 2.64. The van der Waals surface area contributed by atoms with Crippen LogP contribution >= 0.6 is 0 Å². The minimum atomic E-state index is -4.55. The number of fused-ring (bicyclic) bond motifs is 1. The molecule has 118 valence electrons. The Morgan fingerprint density at radius 1 is 1.36 bits per heavy atom. The summed E-state index contributed by atoms with van der Waals surface area (Å²) in [5.74, 6) is 0.175. The molecule has 1 unspecified atom stereocenters. The Hall–Kier alpha value is -2.00. The van der Waals surface area contributed by atoms with Gasteiger partial charge in [-0.25, -0.2) is 4.85 Å². The van der Waals surface area contributed by atoms with Crippen molar-refractivity contribution in [3.63, 3.8) is 0 Å². The summed E-state index contributed by atoms with van der Waals surface area (Å²) in [6.07, 6.45) is -4.55. The van der Waals surface area contributed by atoms with Gasteiger partial charge < -0.3 is 9.30 Å². The minimum absolute atomic E-state index is 0.0862. The number of hydrogen-bond acceptors (Lipinski definition) is 1. The van der Waals surface area contributed by atoms with Crippen molar-refractivity contribution in [2.75, 3.05) is 13.7 Å². The highest BCUT2D eigenvalue weighted by molar-refractivity contribution is 5.90. The van der Waals surface area contributed by atoms with E-state index in [-0.39, 0.29) is 17.0 Å². The van der Waals surface area contributed by atoms with Gasteiger partial charge in [-0.05, 0) is 25.0 Å². The summed E-state index contributed by atoms with van der Waals surface area (Å²) in [5.41, 5.74) is 0.0362. The van der Waals surface area contributed by atoms with Crippen LogP contribution in [0.2, 0.25) is 0 Å². The Labute approximate surface area is 127 Å². The van der Waals surface area contributed by atoms with E-state index in [0.717, 1.165) is 5.69 Å². The van der Waals surface area contributed by atoms with Gasteiger partial charge in [-0.15, -0.1) is 0 Å². The van der Waals surface area contributed by atoms with Crippen LogP contribution in [0.15, 0.2) is 18.2 Å². The minimum Gasteiger partial charge on any atom is -0.384 e. The van der Waals surface area contributed by atoms with Crippen LogP contribution in [0.3, 0.4) is 0 Å². The molecule has 0 N–H and O–H groups in total. The monoisotopic (exact) mass is 310 g/mol. The van der Waals surface area contributed by atoms with Crippen LogP contribution in [-0.4, -0.2) is 18.3 Å². The van der Waals surface area contributed by atoms with Crippen molar-refractivity contribution in [1.82, 2.24) is 4.57 Å². The lowest BCUT2D eigenvalue weighted by molar-refractivity contribution is -0.135. The number of aryl methyl sites for hydroxylation is 1. The topological polar surface area (TPSA) is 18.5 Å². The molecule has 0 amide bonds. The van der Waals surface area contributed by atoms with E-state index in [1.165, 1.54) is 12.1 Å². The van der Waals surface area contributed by atoms with Gasteiger partial charge in [0.1, 0.15) is 0 Å². The van der Waals surface area contributed by atoms with Gasteiger partial charge in [0.2, 0.25) is 0 Å². The van der Waals surface area contributed by atoms with E-state index in [2.05, 4.69) is 4.85 Å². The molecule has 1 heterocycles. The van der Waals surface area contributed by atoms with Crippen molar-refractivity contribution in [2.24, 2.45) is 5.92 Å². The number of rotatable bonds is 4. The average molecular weight is 310 g/mol. The molecule has 0 aliphatic rings. The van der Waals surface area contributed by atoms with E-state index in [9.17, 15) is 13.2 Å². The van der Waals surface area contributed by atoms with Crippen LogP contribution in [0, 0.1) is 19.4 Å². The molecule has 2 aromatic rings. The zero-order chi connectivity index (χ0) is 16.5. The second-order valence-electron chi connectivity index (χ2n) is 5.46. The SMILES string of the molecule is [C-]#[N+]c1ccc2c(cc(C)n2CC(C)COC)c1C(F)(F)F. The Bertz CT molecular complexity index is 726. The predicted octanol–water partition coefficient (Wildman–Crippen LogP) is 4.80. The summed E-state index contributed by atoms with van der Waals surface area (Å²) in [6.45, 7) is 11.8. The fourth-order valence-corrected chi connectivity index (χ4v) is 2.74. The summed E-state index contributed by atoms with van der Waals surface area (Å²) in [5, 5.41) is 0.0862. The highest BCUT2D eigenvalue weighted by atomic mass is 19.4. The summed E-state index contributed by atoms with van der Waals surface area (Å²) in [4.78, 5) is 3.02. The molecule has 0 fully saturated rings. The number of methoxy groups -OCH3 is 1. The molecule has 6 heteroatoms. The third kappa shape index (κ3) is 2.95. The number of hydrogen-bond donors (Lipinski definition) is 0. The highest BCUT2D eigenvalue weighted by Gasteiger charge is 2.36.